The molecule has 0 aliphatic rings. The Kier molecular flexibility index (Phi) is 6.57. The number of hydrogen-bond donors (Lipinski definition) is 2. The SMILES string of the molecule is COc1ccc(-c2csc(NC(=S)NC(=O)COc3ccccc3C)n2)cc1. The van der Waals surface area contributed by atoms with Gasteiger partial charge in [0, 0.05) is 10.9 Å². The first-order valence-electron chi connectivity index (χ1n) is 8.44. The molecular weight excluding hydrogens is 394 g/mol. The molecule has 3 rings (SSSR count). The van der Waals surface area contributed by atoms with Crippen LogP contribution in [-0.4, -0.2) is 29.7 Å². The van der Waals surface area contributed by atoms with E-state index in [1.165, 1.54) is 11.3 Å². The van der Waals surface area contributed by atoms with Crippen LogP contribution >= 0.6 is 23.6 Å². The Hall–Kier alpha value is -2.97. The first kappa shape index (κ1) is 19.8. The Morgan fingerprint density at radius 3 is 2.64 bits per heavy atom. The van der Waals surface area contributed by atoms with Crippen LogP contribution in [0.3, 0.4) is 0 Å². The van der Waals surface area contributed by atoms with Crippen molar-refractivity contribution in [3.05, 3.63) is 59.5 Å². The van der Waals surface area contributed by atoms with Gasteiger partial charge in [0.2, 0.25) is 0 Å². The molecule has 2 aromatic carbocycles. The number of ether oxygens (including phenoxy) is 2. The molecule has 8 heteroatoms. The number of nitrogens with one attached hydrogen (secondary N) is 2. The number of thiocarbonyl (C=S) groups is 1. The second-order valence-electron chi connectivity index (χ2n) is 5.82. The molecule has 6 nitrogen and oxygen atoms in total. The zero-order valence-electron chi connectivity index (χ0n) is 15.4. The minimum atomic E-state index is -0.340. The maximum absolute atomic E-state index is 12.0. The molecule has 3 aromatic rings. The number of aryl methyl sites for hydroxylation is 1. The van der Waals surface area contributed by atoms with Gasteiger partial charge in [-0.25, -0.2) is 4.98 Å². The summed E-state index contributed by atoms with van der Waals surface area (Å²) in [6.45, 7) is 1.80. The number of carbonyl (C=O) groups is 1. The fourth-order valence-electron chi connectivity index (χ4n) is 2.38. The number of rotatable bonds is 6. The van der Waals surface area contributed by atoms with E-state index in [1.807, 2.05) is 60.8 Å². The van der Waals surface area contributed by atoms with Crippen molar-refractivity contribution in [3.8, 4) is 22.8 Å². The molecule has 144 valence electrons. The average molecular weight is 414 g/mol. The minimum Gasteiger partial charge on any atom is -0.497 e. The Labute approximate surface area is 172 Å². The molecule has 0 saturated carbocycles. The summed E-state index contributed by atoms with van der Waals surface area (Å²) in [6.07, 6.45) is 0. The number of amides is 1. The Balaban J connectivity index is 1.51. The summed E-state index contributed by atoms with van der Waals surface area (Å²) < 4.78 is 10.7. The van der Waals surface area contributed by atoms with Gasteiger partial charge in [-0.05, 0) is 55.0 Å². The Morgan fingerprint density at radius 2 is 1.93 bits per heavy atom. The lowest BCUT2D eigenvalue weighted by molar-refractivity contribution is -0.121. The van der Waals surface area contributed by atoms with Gasteiger partial charge < -0.3 is 14.8 Å². The van der Waals surface area contributed by atoms with Gasteiger partial charge in [0.05, 0.1) is 12.8 Å². The predicted octanol–water partition coefficient (Wildman–Crippen LogP) is 4.02. The first-order chi connectivity index (χ1) is 13.5. The third-order valence-electron chi connectivity index (χ3n) is 3.82. The normalized spacial score (nSPS) is 10.2. The molecule has 1 heterocycles. The molecule has 0 aliphatic heterocycles. The summed E-state index contributed by atoms with van der Waals surface area (Å²) in [5.74, 6) is 1.11. The smallest absolute Gasteiger partial charge is 0.264 e. The maximum Gasteiger partial charge on any atom is 0.264 e. The fraction of sp³-hybridized carbons (Fsp3) is 0.150. The van der Waals surface area contributed by atoms with Crippen molar-refractivity contribution in [2.45, 2.75) is 6.92 Å². The van der Waals surface area contributed by atoms with Crippen molar-refractivity contribution >= 4 is 39.7 Å². The quantitative estimate of drug-likeness (QED) is 0.595. The monoisotopic (exact) mass is 413 g/mol. The van der Waals surface area contributed by atoms with Gasteiger partial charge in [-0.3, -0.25) is 10.1 Å². The minimum absolute atomic E-state index is 0.123. The molecule has 0 aliphatic carbocycles. The summed E-state index contributed by atoms with van der Waals surface area (Å²) in [7, 11) is 1.63. The van der Waals surface area contributed by atoms with Crippen LogP contribution in [0.2, 0.25) is 0 Å². The highest BCUT2D eigenvalue weighted by molar-refractivity contribution is 7.80. The highest BCUT2D eigenvalue weighted by atomic mass is 32.1. The number of hydrogen-bond acceptors (Lipinski definition) is 6. The molecule has 0 radical (unpaired) electrons. The van der Waals surface area contributed by atoms with E-state index < -0.39 is 0 Å². The van der Waals surface area contributed by atoms with Crippen LogP contribution < -0.4 is 20.1 Å². The van der Waals surface area contributed by atoms with Crippen molar-refractivity contribution < 1.29 is 14.3 Å². The van der Waals surface area contributed by atoms with Crippen LogP contribution in [-0.2, 0) is 4.79 Å². The van der Waals surface area contributed by atoms with Gasteiger partial charge in [-0.2, -0.15) is 0 Å². The van der Waals surface area contributed by atoms with Crippen molar-refractivity contribution in [1.82, 2.24) is 10.3 Å². The van der Waals surface area contributed by atoms with Crippen molar-refractivity contribution in [1.29, 1.82) is 0 Å². The van der Waals surface area contributed by atoms with Crippen molar-refractivity contribution in [3.63, 3.8) is 0 Å². The van der Waals surface area contributed by atoms with Crippen molar-refractivity contribution in [2.24, 2.45) is 0 Å². The standard InChI is InChI=1S/C20H19N3O3S2/c1-13-5-3-4-6-17(13)26-11-18(24)22-19(27)23-20-21-16(12-28-20)14-7-9-15(25-2)10-8-14/h3-10,12H,11H2,1-2H3,(H2,21,22,23,24,27). The zero-order valence-corrected chi connectivity index (χ0v) is 17.0. The molecule has 0 atom stereocenters. The van der Waals surface area contributed by atoms with E-state index in [0.717, 1.165) is 22.6 Å². The summed E-state index contributed by atoms with van der Waals surface area (Å²) in [5.41, 5.74) is 2.74. The third kappa shape index (κ3) is 5.28. The van der Waals surface area contributed by atoms with Crippen LogP contribution in [0.4, 0.5) is 5.13 Å². The highest BCUT2D eigenvalue weighted by Gasteiger charge is 2.10. The number of aromatic nitrogens is 1. The third-order valence-corrected chi connectivity index (χ3v) is 4.78. The summed E-state index contributed by atoms with van der Waals surface area (Å²) >= 11 is 6.58. The molecule has 0 saturated heterocycles. The van der Waals surface area contributed by atoms with E-state index in [1.54, 1.807) is 7.11 Å². The van der Waals surface area contributed by atoms with E-state index in [9.17, 15) is 4.79 Å². The molecule has 1 aromatic heterocycles. The second-order valence-corrected chi connectivity index (χ2v) is 7.09. The Morgan fingerprint density at radius 1 is 1.18 bits per heavy atom. The van der Waals surface area contributed by atoms with Gasteiger partial charge in [0.1, 0.15) is 11.5 Å². The van der Waals surface area contributed by atoms with E-state index in [2.05, 4.69) is 15.6 Å². The lowest BCUT2D eigenvalue weighted by Crippen LogP contribution is -2.37. The van der Waals surface area contributed by atoms with Crippen molar-refractivity contribution in [2.75, 3.05) is 19.0 Å². The number of carbonyl (C=O) groups excluding carboxylic acids is 1. The topological polar surface area (TPSA) is 72.5 Å². The van der Waals surface area contributed by atoms with E-state index in [0.29, 0.717) is 10.9 Å². The molecule has 28 heavy (non-hydrogen) atoms. The van der Waals surface area contributed by atoms with E-state index in [4.69, 9.17) is 21.7 Å². The fourth-order valence-corrected chi connectivity index (χ4v) is 3.38. The number of para-hydroxylation sites is 1. The average Bonchev–Trinajstić information content (AvgIpc) is 3.15. The lowest BCUT2D eigenvalue weighted by atomic mass is 10.2. The van der Waals surface area contributed by atoms with Gasteiger partial charge in [0.15, 0.2) is 16.9 Å². The van der Waals surface area contributed by atoms with Gasteiger partial charge in [0.25, 0.3) is 5.91 Å². The number of thiazole rings is 1. The van der Waals surface area contributed by atoms with Gasteiger partial charge in [-0.1, -0.05) is 18.2 Å². The molecular formula is C20H19N3O3S2. The summed E-state index contributed by atoms with van der Waals surface area (Å²) in [6, 6.07) is 15.1. The van der Waals surface area contributed by atoms with Crippen LogP contribution in [0.5, 0.6) is 11.5 Å². The zero-order chi connectivity index (χ0) is 19.9. The molecule has 1 amide bonds. The number of anilines is 1. The molecule has 0 bridgehead atoms. The highest BCUT2D eigenvalue weighted by Crippen LogP contribution is 2.26. The molecule has 0 fully saturated rings. The summed E-state index contributed by atoms with van der Waals surface area (Å²) in [5, 5.41) is 8.19. The largest absolute Gasteiger partial charge is 0.497 e. The summed E-state index contributed by atoms with van der Waals surface area (Å²) in [4.78, 5) is 16.5. The van der Waals surface area contributed by atoms with Crippen LogP contribution in [0.15, 0.2) is 53.9 Å². The Bertz CT molecular complexity index is 971. The van der Waals surface area contributed by atoms with E-state index in [-0.39, 0.29) is 17.6 Å². The number of nitrogens with zero attached hydrogens (tertiary/aromatic N) is 1. The van der Waals surface area contributed by atoms with Crippen LogP contribution in [0.25, 0.3) is 11.3 Å². The maximum atomic E-state index is 12.0. The molecule has 0 spiro atoms. The molecule has 0 unspecified atom stereocenters. The van der Waals surface area contributed by atoms with Crippen LogP contribution in [0.1, 0.15) is 5.56 Å². The number of benzene rings is 2. The number of methoxy groups -OCH3 is 1. The predicted molar refractivity (Wildman–Crippen MR) is 115 cm³/mol. The second kappa shape index (κ2) is 9.29. The van der Waals surface area contributed by atoms with Crippen LogP contribution in [0, 0.1) is 6.92 Å². The first-order valence-corrected chi connectivity index (χ1v) is 9.73. The lowest BCUT2D eigenvalue weighted by Gasteiger charge is -2.10. The van der Waals surface area contributed by atoms with Gasteiger partial charge in [-0.15, -0.1) is 11.3 Å². The van der Waals surface area contributed by atoms with Gasteiger partial charge >= 0.3 is 0 Å². The van der Waals surface area contributed by atoms with E-state index >= 15 is 0 Å². The molecule has 2 N–H and O–H groups in total.